The number of benzene rings is 2. The van der Waals surface area contributed by atoms with Gasteiger partial charge in [-0.25, -0.2) is 9.18 Å². The molecule has 2 unspecified atom stereocenters. The summed E-state index contributed by atoms with van der Waals surface area (Å²) in [6.07, 6.45) is 0.918. The van der Waals surface area contributed by atoms with Gasteiger partial charge in [-0.3, -0.25) is 14.4 Å². The first-order valence-corrected chi connectivity index (χ1v) is 9.80. The van der Waals surface area contributed by atoms with Crippen molar-refractivity contribution in [1.29, 1.82) is 0 Å². The van der Waals surface area contributed by atoms with Crippen molar-refractivity contribution in [2.45, 2.75) is 25.4 Å². The predicted molar refractivity (Wildman–Crippen MR) is 114 cm³/mol. The molecule has 0 saturated carbocycles. The van der Waals surface area contributed by atoms with Crippen molar-refractivity contribution < 1.29 is 28.7 Å². The molecule has 3 N–H and O–H groups in total. The highest BCUT2D eigenvalue weighted by Crippen LogP contribution is 2.27. The van der Waals surface area contributed by atoms with Crippen LogP contribution in [-0.2, 0) is 14.4 Å². The van der Waals surface area contributed by atoms with Crippen LogP contribution in [0.1, 0.15) is 24.9 Å². The maximum absolute atomic E-state index is 14.2. The van der Waals surface area contributed by atoms with E-state index in [1.54, 1.807) is 42.5 Å². The summed E-state index contributed by atoms with van der Waals surface area (Å²) in [4.78, 5) is 49.7. The van der Waals surface area contributed by atoms with Crippen LogP contribution in [0.4, 0.5) is 9.18 Å². The number of carboxylic acid groups (broad SMARTS) is 1. The van der Waals surface area contributed by atoms with E-state index in [0.717, 1.165) is 0 Å². The Morgan fingerprint density at radius 2 is 1.88 bits per heavy atom. The first-order valence-electron chi connectivity index (χ1n) is 9.80. The Hall–Kier alpha value is -4.01. The summed E-state index contributed by atoms with van der Waals surface area (Å²) < 4.78 is 14.2. The van der Waals surface area contributed by atoms with Gasteiger partial charge in [-0.05, 0) is 30.2 Å². The summed E-state index contributed by atoms with van der Waals surface area (Å²) in [7, 11) is 1.46. The third-order valence-electron chi connectivity index (χ3n) is 5.07. The van der Waals surface area contributed by atoms with Crippen molar-refractivity contribution in [2.75, 3.05) is 7.05 Å². The second-order valence-electron chi connectivity index (χ2n) is 7.43. The molecule has 2 atom stereocenters. The van der Waals surface area contributed by atoms with Gasteiger partial charge < -0.3 is 20.6 Å². The van der Waals surface area contributed by atoms with Crippen LogP contribution in [0, 0.1) is 5.82 Å². The second kappa shape index (κ2) is 9.42. The fourth-order valence-corrected chi connectivity index (χ4v) is 3.46. The predicted octanol–water partition coefficient (Wildman–Crippen LogP) is 2.62. The molecule has 0 aliphatic carbocycles. The van der Waals surface area contributed by atoms with Crippen molar-refractivity contribution >= 4 is 23.7 Å². The number of aliphatic carboxylic acids is 1. The van der Waals surface area contributed by atoms with Crippen LogP contribution < -0.4 is 10.6 Å². The Balaban J connectivity index is 1.83. The molecular formula is C23H22FN3O5. The number of halogens is 1. The second-order valence-corrected chi connectivity index (χ2v) is 7.43. The van der Waals surface area contributed by atoms with Gasteiger partial charge in [0.1, 0.15) is 5.82 Å². The molecule has 0 spiro atoms. The lowest BCUT2D eigenvalue weighted by atomic mass is 9.97. The van der Waals surface area contributed by atoms with Gasteiger partial charge in [-0.1, -0.05) is 36.4 Å². The molecule has 3 rings (SSSR count). The molecule has 0 bridgehead atoms. The normalized spacial score (nSPS) is 16.9. The van der Waals surface area contributed by atoms with Crippen LogP contribution in [0.15, 0.2) is 60.3 Å². The van der Waals surface area contributed by atoms with E-state index >= 15 is 0 Å². The van der Waals surface area contributed by atoms with Crippen LogP contribution in [-0.4, -0.2) is 46.8 Å². The smallest absolute Gasteiger partial charge is 0.316 e. The number of nitrogens with zero attached hydrogens (tertiary/aromatic N) is 1. The summed E-state index contributed by atoms with van der Waals surface area (Å²) in [6, 6.07) is 9.37. The molecule has 1 aliphatic heterocycles. The first-order chi connectivity index (χ1) is 15.2. The lowest BCUT2D eigenvalue weighted by Gasteiger charge is -2.27. The zero-order valence-corrected chi connectivity index (χ0v) is 17.5. The number of urea groups is 1. The van der Waals surface area contributed by atoms with Gasteiger partial charge in [0, 0.05) is 24.4 Å². The quantitative estimate of drug-likeness (QED) is 0.599. The standard InChI is InChI=1S/C23H22FN3O5/c1-13-12-27(2)22(31)20(21(13)30)26-23(32)25-18(11-19(28)29)15-7-5-6-14(10-15)16-8-3-4-9-17(16)24/h3-10,12,18,20H,11H2,1-2H3,(H,28,29)(H2,25,26,32). The Labute approximate surface area is 183 Å². The van der Waals surface area contributed by atoms with E-state index < -0.39 is 48.0 Å². The monoisotopic (exact) mass is 439 g/mol. The van der Waals surface area contributed by atoms with Gasteiger partial charge in [0.05, 0.1) is 12.5 Å². The highest BCUT2D eigenvalue weighted by atomic mass is 19.1. The Morgan fingerprint density at radius 3 is 2.56 bits per heavy atom. The van der Waals surface area contributed by atoms with Gasteiger partial charge in [0.15, 0.2) is 11.8 Å². The number of carbonyl (C=O) groups is 4. The molecule has 0 aromatic heterocycles. The highest BCUT2D eigenvalue weighted by Gasteiger charge is 2.35. The van der Waals surface area contributed by atoms with E-state index in [2.05, 4.69) is 10.6 Å². The molecular weight excluding hydrogens is 417 g/mol. The molecule has 166 valence electrons. The number of likely N-dealkylation sites (N-methyl/N-ethyl adjacent to an activating group) is 1. The summed E-state index contributed by atoms with van der Waals surface area (Å²) in [6.45, 7) is 1.53. The van der Waals surface area contributed by atoms with Crippen LogP contribution in [0.2, 0.25) is 0 Å². The number of carboxylic acids is 1. The molecule has 3 amide bonds. The molecule has 0 radical (unpaired) electrons. The maximum atomic E-state index is 14.2. The van der Waals surface area contributed by atoms with Crippen molar-refractivity contribution in [3.63, 3.8) is 0 Å². The van der Waals surface area contributed by atoms with E-state index in [-0.39, 0.29) is 0 Å². The topological polar surface area (TPSA) is 116 Å². The number of amides is 3. The molecule has 0 fully saturated rings. The molecule has 9 heteroatoms. The molecule has 32 heavy (non-hydrogen) atoms. The van der Waals surface area contributed by atoms with Crippen LogP contribution in [0.5, 0.6) is 0 Å². The average Bonchev–Trinajstić information content (AvgIpc) is 2.75. The van der Waals surface area contributed by atoms with Gasteiger partial charge in [0.25, 0.3) is 5.91 Å². The van der Waals surface area contributed by atoms with Gasteiger partial charge in [-0.2, -0.15) is 0 Å². The highest BCUT2D eigenvalue weighted by molar-refractivity contribution is 6.16. The zero-order chi connectivity index (χ0) is 23.4. The van der Waals surface area contributed by atoms with Gasteiger partial charge in [-0.15, -0.1) is 0 Å². The van der Waals surface area contributed by atoms with Crippen LogP contribution >= 0.6 is 0 Å². The minimum Gasteiger partial charge on any atom is -0.481 e. The van der Waals surface area contributed by atoms with Crippen molar-refractivity contribution in [1.82, 2.24) is 15.5 Å². The molecule has 1 aliphatic rings. The van der Waals surface area contributed by atoms with E-state index in [9.17, 15) is 28.7 Å². The number of rotatable bonds is 6. The lowest BCUT2D eigenvalue weighted by Crippen LogP contribution is -2.56. The molecule has 0 saturated heterocycles. The number of ketones is 1. The minimum absolute atomic E-state index is 0.303. The Morgan fingerprint density at radius 1 is 1.16 bits per heavy atom. The molecule has 8 nitrogen and oxygen atoms in total. The van der Waals surface area contributed by atoms with Crippen molar-refractivity contribution in [3.05, 3.63) is 71.7 Å². The lowest BCUT2D eigenvalue weighted by molar-refractivity contribution is -0.138. The zero-order valence-electron chi connectivity index (χ0n) is 17.5. The Bertz CT molecular complexity index is 1110. The fraction of sp³-hybridized carbons (Fsp3) is 0.217. The van der Waals surface area contributed by atoms with E-state index in [1.807, 2.05) is 0 Å². The van der Waals surface area contributed by atoms with E-state index in [0.29, 0.717) is 22.3 Å². The minimum atomic E-state index is -1.40. The summed E-state index contributed by atoms with van der Waals surface area (Å²) in [5, 5.41) is 14.1. The van der Waals surface area contributed by atoms with E-state index in [4.69, 9.17) is 0 Å². The average molecular weight is 439 g/mol. The molecule has 2 aromatic carbocycles. The Kier molecular flexibility index (Phi) is 6.67. The first kappa shape index (κ1) is 22.7. The number of Topliss-reactive ketones (excluding diaryl/α,β-unsaturated/α-hetero) is 1. The van der Waals surface area contributed by atoms with Crippen LogP contribution in [0.25, 0.3) is 11.1 Å². The largest absolute Gasteiger partial charge is 0.481 e. The van der Waals surface area contributed by atoms with E-state index in [1.165, 1.54) is 31.1 Å². The summed E-state index contributed by atoms with van der Waals surface area (Å²) in [5.74, 6) is -2.76. The van der Waals surface area contributed by atoms with Crippen LogP contribution in [0.3, 0.4) is 0 Å². The maximum Gasteiger partial charge on any atom is 0.316 e. The summed E-state index contributed by atoms with van der Waals surface area (Å²) >= 11 is 0. The third kappa shape index (κ3) is 5.00. The van der Waals surface area contributed by atoms with Gasteiger partial charge in [0.2, 0.25) is 0 Å². The number of hydrogen-bond donors (Lipinski definition) is 3. The summed E-state index contributed by atoms with van der Waals surface area (Å²) in [5.41, 5.74) is 1.57. The number of carbonyl (C=O) groups excluding carboxylic acids is 3. The van der Waals surface area contributed by atoms with Crippen molar-refractivity contribution in [2.24, 2.45) is 0 Å². The molecule has 2 aromatic rings. The SMILES string of the molecule is CC1=CN(C)C(=O)C(NC(=O)NC(CC(=O)O)c2cccc(-c3ccccc3F)c2)C1=O. The van der Waals surface area contributed by atoms with Gasteiger partial charge >= 0.3 is 12.0 Å². The molecule has 1 heterocycles. The number of hydrogen-bond acceptors (Lipinski definition) is 4. The van der Waals surface area contributed by atoms with Crippen molar-refractivity contribution in [3.8, 4) is 11.1 Å². The third-order valence-corrected chi connectivity index (χ3v) is 5.07. The number of nitrogens with one attached hydrogen (secondary N) is 2. The fourth-order valence-electron chi connectivity index (χ4n) is 3.46.